The number of hydrogen-bond donors (Lipinski definition) is 1. The molecule has 1 saturated heterocycles. The van der Waals surface area contributed by atoms with Gasteiger partial charge in [0, 0.05) is 11.1 Å². The quantitative estimate of drug-likeness (QED) is 0.762. The molecule has 1 aromatic heterocycles. The van der Waals surface area contributed by atoms with Crippen LogP contribution in [0, 0.1) is 5.82 Å². The predicted octanol–water partition coefficient (Wildman–Crippen LogP) is 2.29. The van der Waals surface area contributed by atoms with Gasteiger partial charge in [0.15, 0.2) is 0 Å². The lowest BCUT2D eigenvalue weighted by Gasteiger charge is -2.00. The molecule has 4 heteroatoms. The molecule has 1 aliphatic heterocycles. The monoisotopic (exact) mass is 204 g/mol. The number of halogens is 1. The number of ether oxygens (including phenoxy) is 1. The lowest BCUT2D eigenvalue weighted by Crippen LogP contribution is -1.85. The molecule has 2 heterocycles. The summed E-state index contributed by atoms with van der Waals surface area (Å²) in [6.45, 7) is 0.744. The summed E-state index contributed by atoms with van der Waals surface area (Å²) in [6.07, 6.45) is 1.92. The summed E-state index contributed by atoms with van der Waals surface area (Å²) < 4.78 is 18.0. The Balaban J connectivity index is 2.04. The molecule has 1 aliphatic rings. The SMILES string of the molecule is Fc1ccc(-c2[nH]ncc2[C@@H]2CO2)cc1. The zero-order chi connectivity index (χ0) is 10.3. The lowest BCUT2D eigenvalue weighted by atomic mass is 10.1. The van der Waals surface area contributed by atoms with Gasteiger partial charge in [0.25, 0.3) is 0 Å². The molecule has 0 unspecified atom stereocenters. The number of hydrogen-bond acceptors (Lipinski definition) is 2. The first-order valence-electron chi connectivity index (χ1n) is 4.75. The van der Waals surface area contributed by atoms with Gasteiger partial charge in [-0.1, -0.05) is 0 Å². The van der Waals surface area contributed by atoms with Crippen LogP contribution in [0.5, 0.6) is 0 Å². The van der Waals surface area contributed by atoms with E-state index in [-0.39, 0.29) is 11.9 Å². The van der Waals surface area contributed by atoms with Crippen molar-refractivity contribution in [2.24, 2.45) is 0 Å². The molecule has 2 aromatic rings. The molecule has 15 heavy (non-hydrogen) atoms. The summed E-state index contributed by atoms with van der Waals surface area (Å²) in [4.78, 5) is 0. The molecule has 0 amide bonds. The van der Waals surface area contributed by atoms with E-state index in [2.05, 4.69) is 10.2 Å². The van der Waals surface area contributed by atoms with E-state index < -0.39 is 0 Å². The van der Waals surface area contributed by atoms with E-state index in [4.69, 9.17) is 4.74 Å². The Hall–Kier alpha value is -1.68. The van der Waals surface area contributed by atoms with Gasteiger partial charge in [0.2, 0.25) is 0 Å². The normalized spacial score (nSPS) is 19.1. The third-order valence-electron chi connectivity index (χ3n) is 2.48. The molecule has 0 spiro atoms. The van der Waals surface area contributed by atoms with Crippen LogP contribution >= 0.6 is 0 Å². The van der Waals surface area contributed by atoms with Crippen molar-refractivity contribution in [1.29, 1.82) is 0 Å². The molecule has 76 valence electrons. The zero-order valence-electron chi connectivity index (χ0n) is 7.90. The van der Waals surface area contributed by atoms with Crippen molar-refractivity contribution in [3.05, 3.63) is 41.8 Å². The Kier molecular flexibility index (Phi) is 1.82. The average Bonchev–Trinajstić information content (AvgIpc) is 2.98. The van der Waals surface area contributed by atoms with Crippen molar-refractivity contribution in [2.75, 3.05) is 6.61 Å². The van der Waals surface area contributed by atoms with Crippen molar-refractivity contribution in [1.82, 2.24) is 10.2 Å². The Labute approximate surface area is 85.9 Å². The second-order valence-electron chi connectivity index (χ2n) is 3.53. The van der Waals surface area contributed by atoms with Crippen LogP contribution in [-0.4, -0.2) is 16.8 Å². The topological polar surface area (TPSA) is 41.2 Å². The highest BCUT2D eigenvalue weighted by Crippen LogP contribution is 2.35. The van der Waals surface area contributed by atoms with Crippen LogP contribution in [0.4, 0.5) is 4.39 Å². The zero-order valence-corrected chi connectivity index (χ0v) is 7.90. The van der Waals surface area contributed by atoms with Gasteiger partial charge in [-0.2, -0.15) is 5.10 Å². The first-order chi connectivity index (χ1) is 7.34. The molecule has 0 bridgehead atoms. The highest BCUT2D eigenvalue weighted by Gasteiger charge is 2.29. The van der Waals surface area contributed by atoms with Gasteiger partial charge >= 0.3 is 0 Å². The molecule has 3 rings (SSSR count). The number of aromatic amines is 1. The minimum Gasteiger partial charge on any atom is -0.368 e. The molecular weight excluding hydrogens is 195 g/mol. The van der Waals surface area contributed by atoms with Gasteiger partial charge in [-0.3, -0.25) is 5.10 Å². The maximum Gasteiger partial charge on any atom is 0.123 e. The first kappa shape index (κ1) is 8.61. The predicted molar refractivity (Wildman–Crippen MR) is 52.7 cm³/mol. The number of epoxide rings is 1. The van der Waals surface area contributed by atoms with Gasteiger partial charge in [0.05, 0.1) is 18.5 Å². The third-order valence-corrected chi connectivity index (χ3v) is 2.48. The molecule has 0 radical (unpaired) electrons. The van der Waals surface area contributed by atoms with Crippen molar-refractivity contribution in [3.8, 4) is 11.3 Å². The number of benzene rings is 1. The van der Waals surface area contributed by atoms with Crippen molar-refractivity contribution in [3.63, 3.8) is 0 Å². The number of H-pyrrole nitrogens is 1. The average molecular weight is 204 g/mol. The van der Waals surface area contributed by atoms with Crippen molar-refractivity contribution in [2.45, 2.75) is 6.10 Å². The van der Waals surface area contributed by atoms with Crippen molar-refractivity contribution >= 4 is 0 Å². The Morgan fingerprint density at radius 3 is 2.73 bits per heavy atom. The van der Waals surface area contributed by atoms with Crippen LogP contribution in [0.25, 0.3) is 11.3 Å². The second kappa shape index (κ2) is 3.17. The van der Waals surface area contributed by atoms with Gasteiger partial charge in [0.1, 0.15) is 11.9 Å². The summed E-state index contributed by atoms with van der Waals surface area (Å²) in [6, 6.07) is 6.34. The fraction of sp³-hybridized carbons (Fsp3) is 0.182. The maximum atomic E-state index is 12.7. The van der Waals surface area contributed by atoms with E-state index >= 15 is 0 Å². The van der Waals surface area contributed by atoms with E-state index in [0.717, 1.165) is 23.4 Å². The van der Waals surface area contributed by atoms with Crippen LogP contribution in [0.15, 0.2) is 30.5 Å². The maximum absolute atomic E-state index is 12.7. The minimum absolute atomic E-state index is 0.156. The summed E-state index contributed by atoms with van der Waals surface area (Å²) in [5, 5.41) is 6.89. The lowest BCUT2D eigenvalue weighted by molar-refractivity contribution is 0.416. The molecule has 0 saturated carbocycles. The number of aromatic nitrogens is 2. The number of nitrogens with zero attached hydrogens (tertiary/aromatic N) is 1. The van der Waals surface area contributed by atoms with Crippen LogP contribution in [0.3, 0.4) is 0 Å². The second-order valence-corrected chi connectivity index (χ2v) is 3.53. The van der Waals surface area contributed by atoms with Gasteiger partial charge in [-0.15, -0.1) is 0 Å². The van der Waals surface area contributed by atoms with Gasteiger partial charge < -0.3 is 4.74 Å². The summed E-state index contributed by atoms with van der Waals surface area (Å²) in [5.41, 5.74) is 2.89. The largest absolute Gasteiger partial charge is 0.368 e. The highest BCUT2D eigenvalue weighted by atomic mass is 19.1. The minimum atomic E-state index is -0.234. The standard InChI is InChI=1S/C11H9FN2O/c12-8-3-1-7(2-4-8)11-9(5-13-14-11)10-6-15-10/h1-5,10H,6H2,(H,13,14)/t10-/m0/s1. The smallest absolute Gasteiger partial charge is 0.123 e. The summed E-state index contributed by atoms with van der Waals surface area (Å²) in [5.74, 6) is -0.234. The van der Waals surface area contributed by atoms with E-state index in [9.17, 15) is 4.39 Å². The van der Waals surface area contributed by atoms with Crippen LogP contribution < -0.4 is 0 Å². The number of rotatable bonds is 2. The fourth-order valence-electron chi connectivity index (χ4n) is 1.62. The molecule has 0 aliphatic carbocycles. The Morgan fingerprint density at radius 1 is 1.33 bits per heavy atom. The highest BCUT2D eigenvalue weighted by molar-refractivity contribution is 5.63. The summed E-state index contributed by atoms with van der Waals surface area (Å²) >= 11 is 0. The molecule has 3 nitrogen and oxygen atoms in total. The first-order valence-corrected chi connectivity index (χ1v) is 4.75. The molecule has 1 fully saturated rings. The molecule has 1 N–H and O–H groups in total. The van der Waals surface area contributed by atoms with E-state index in [1.54, 1.807) is 18.3 Å². The van der Waals surface area contributed by atoms with Gasteiger partial charge in [-0.25, -0.2) is 4.39 Å². The third kappa shape index (κ3) is 1.53. The van der Waals surface area contributed by atoms with Crippen LogP contribution in [-0.2, 0) is 4.74 Å². The summed E-state index contributed by atoms with van der Waals surface area (Å²) in [7, 11) is 0. The molecule has 1 aromatic carbocycles. The fourth-order valence-corrected chi connectivity index (χ4v) is 1.62. The number of nitrogens with one attached hydrogen (secondary N) is 1. The molecule has 1 atom stereocenters. The Morgan fingerprint density at radius 2 is 2.07 bits per heavy atom. The van der Waals surface area contributed by atoms with Crippen LogP contribution in [0.1, 0.15) is 11.7 Å². The van der Waals surface area contributed by atoms with E-state index in [1.807, 2.05) is 0 Å². The Bertz CT molecular complexity index is 474. The van der Waals surface area contributed by atoms with Gasteiger partial charge in [-0.05, 0) is 24.3 Å². The van der Waals surface area contributed by atoms with E-state index in [1.165, 1.54) is 12.1 Å². The van der Waals surface area contributed by atoms with Crippen LogP contribution in [0.2, 0.25) is 0 Å². The molecular formula is C11H9FN2O. The van der Waals surface area contributed by atoms with Crippen molar-refractivity contribution < 1.29 is 9.13 Å². The van der Waals surface area contributed by atoms with E-state index in [0.29, 0.717) is 0 Å².